The van der Waals surface area contributed by atoms with Gasteiger partial charge in [0.25, 0.3) is 0 Å². The molecule has 6 nitrogen and oxygen atoms in total. The average molecular weight is 257 g/mol. The van der Waals surface area contributed by atoms with Crippen LogP contribution in [0.5, 0.6) is 0 Å². The van der Waals surface area contributed by atoms with Crippen LogP contribution in [0.25, 0.3) is 0 Å². The Labute approximate surface area is 108 Å². The average Bonchev–Trinajstić information content (AvgIpc) is 2.88. The number of unbranched alkanes of at least 4 members (excludes halogenated alkanes) is 1. The Hall–Kier alpha value is -1.30. The molecule has 1 heterocycles. The molecule has 104 valence electrons. The maximum Gasteiger partial charge on any atom is 0.220 e. The molecule has 1 aliphatic heterocycles. The Morgan fingerprint density at radius 1 is 1.44 bits per heavy atom. The SMILES string of the molecule is NC(CCCCNC(=O)CCC1CCCO1)=NO. The third kappa shape index (κ3) is 6.44. The second-order valence-corrected chi connectivity index (χ2v) is 4.57. The van der Waals surface area contributed by atoms with Crippen molar-refractivity contribution in [2.45, 2.75) is 51.0 Å². The van der Waals surface area contributed by atoms with Crippen LogP contribution in [0.1, 0.15) is 44.9 Å². The van der Waals surface area contributed by atoms with Crippen LogP contribution in [0.3, 0.4) is 0 Å². The third-order valence-electron chi connectivity index (χ3n) is 3.03. The highest BCUT2D eigenvalue weighted by Gasteiger charge is 2.16. The summed E-state index contributed by atoms with van der Waals surface area (Å²) in [6.45, 7) is 1.48. The molecule has 1 fully saturated rings. The minimum atomic E-state index is 0.0781. The third-order valence-corrected chi connectivity index (χ3v) is 3.03. The largest absolute Gasteiger partial charge is 0.409 e. The molecular weight excluding hydrogens is 234 g/mol. The number of carbonyl (C=O) groups is 1. The molecule has 0 aliphatic carbocycles. The molecule has 0 aromatic heterocycles. The first-order chi connectivity index (χ1) is 8.72. The van der Waals surface area contributed by atoms with E-state index in [1.807, 2.05) is 0 Å². The van der Waals surface area contributed by atoms with Crippen molar-refractivity contribution < 1.29 is 14.7 Å². The van der Waals surface area contributed by atoms with E-state index in [1.54, 1.807) is 0 Å². The summed E-state index contributed by atoms with van der Waals surface area (Å²) in [7, 11) is 0. The summed E-state index contributed by atoms with van der Waals surface area (Å²) in [5, 5.41) is 14.1. The zero-order chi connectivity index (χ0) is 13.2. The minimum absolute atomic E-state index is 0.0781. The lowest BCUT2D eigenvalue weighted by Gasteiger charge is -2.09. The monoisotopic (exact) mass is 257 g/mol. The van der Waals surface area contributed by atoms with E-state index in [0.717, 1.165) is 38.7 Å². The van der Waals surface area contributed by atoms with Crippen LogP contribution >= 0.6 is 0 Å². The Bertz CT molecular complexity index is 276. The molecular formula is C12H23N3O3. The van der Waals surface area contributed by atoms with Gasteiger partial charge in [-0.3, -0.25) is 4.79 Å². The van der Waals surface area contributed by atoms with E-state index in [-0.39, 0.29) is 17.8 Å². The fourth-order valence-electron chi connectivity index (χ4n) is 1.96. The number of hydrogen-bond donors (Lipinski definition) is 3. The van der Waals surface area contributed by atoms with Gasteiger partial charge in [-0.1, -0.05) is 5.16 Å². The number of nitrogens with two attached hydrogens (primary N) is 1. The van der Waals surface area contributed by atoms with Gasteiger partial charge in [-0.15, -0.1) is 0 Å². The van der Waals surface area contributed by atoms with E-state index in [2.05, 4.69) is 10.5 Å². The first-order valence-corrected chi connectivity index (χ1v) is 6.57. The molecule has 0 aromatic carbocycles. The highest BCUT2D eigenvalue weighted by atomic mass is 16.5. The van der Waals surface area contributed by atoms with Crippen LogP contribution in [-0.2, 0) is 9.53 Å². The van der Waals surface area contributed by atoms with Gasteiger partial charge in [0, 0.05) is 26.0 Å². The number of rotatable bonds is 8. The molecule has 0 bridgehead atoms. The maximum absolute atomic E-state index is 11.5. The van der Waals surface area contributed by atoms with Gasteiger partial charge in [-0.25, -0.2) is 0 Å². The number of nitrogens with one attached hydrogen (secondary N) is 1. The lowest BCUT2D eigenvalue weighted by Crippen LogP contribution is -2.25. The summed E-state index contributed by atoms with van der Waals surface area (Å²) in [6, 6.07) is 0. The van der Waals surface area contributed by atoms with Crippen molar-refractivity contribution >= 4 is 11.7 Å². The number of hydrogen-bond acceptors (Lipinski definition) is 4. The van der Waals surface area contributed by atoms with Gasteiger partial charge in [0.15, 0.2) is 0 Å². The number of nitrogens with zero attached hydrogens (tertiary/aromatic N) is 1. The summed E-state index contributed by atoms with van der Waals surface area (Å²) < 4.78 is 5.45. The quantitative estimate of drug-likeness (QED) is 0.198. The second kappa shape index (κ2) is 8.74. The highest BCUT2D eigenvalue weighted by Crippen LogP contribution is 2.16. The van der Waals surface area contributed by atoms with Crippen LogP contribution in [-0.4, -0.2) is 36.2 Å². The predicted octanol–water partition coefficient (Wildman–Crippen LogP) is 0.978. The number of amides is 1. The van der Waals surface area contributed by atoms with Crippen LogP contribution in [0.4, 0.5) is 0 Å². The zero-order valence-electron chi connectivity index (χ0n) is 10.7. The number of oxime groups is 1. The first kappa shape index (κ1) is 14.8. The molecule has 0 spiro atoms. The smallest absolute Gasteiger partial charge is 0.220 e. The van der Waals surface area contributed by atoms with Crippen molar-refractivity contribution in [1.29, 1.82) is 0 Å². The number of ether oxygens (including phenoxy) is 1. The molecule has 1 saturated heterocycles. The summed E-state index contributed by atoms with van der Waals surface area (Å²) in [4.78, 5) is 11.5. The predicted molar refractivity (Wildman–Crippen MR) is 68.5 cm³/mol. The Kier molecular flexibility index (Phi) is 7.17. The van der Waals surface area contributed by atoms with Crippen molar-refractivity contribution in [2.75, 3.05) is 13.2 Å². The van der Waals surface area contributed by atoms with Gasteiger partial charge in [0.05, 0.1) is 6.10 Å². The molecule has 1 amide bonds. The van der Waals surface area contributed by atoms with Crippen molar-refractivity contribution in [3.05, 3.63) is 0 Å². The van der Waals surface area contributed by atoms with E-state index in [0.29, 0.717) is 19.4 Å². The maximum atomic E-state index is 11.5. The van der Waals surface area contributed by atoms with Gasteiger partial charge in [0.2, 0.25) is 5.91 Å². The van der Waals surface area contributed by atoms with Crippen molar-refractivity contribution in [2.24, 2.45) is 10.9 Å². The van der Waals surface area contributed by atoms with Crippen LogP contribution in [0, 0.1) is 0 Å². The van der Waals surface area contributed by atoms with E-state index < -0.39 is 0 Å². The van der Waals surface area contributed by atoms with Crippen molar-refractivity contribution in [3.63, 3.8) is 0 Å². The van der Waals surface area contributed by atoms with Crippen molar-refractivity contribution in [3.8, 4) is 0 Å². The van der Waals surface area contributed by atoms with Gasteiger partial charge in [-0.05, 0) is 32.1 Å². The number of carbonyl (C=O) groups excluding carboxylic acids is 1. The molecule has 0 radical (unpaired) electrons. The fraction of sp³-hybridized carbons (Fsp3) is 0.833. The van der Waals surface area contributed by atoms with E-state index in [4.69, 9.17) is 15.7 Å². The second-order valence-electron chi connectivity index (χ2n) is 4.57. The molecule has 1 aliphatic rings. The molecule has 4 N–H and O–H groups in total. The summed E-state index contributed by atoms with van der Waals surface area (Å²) in [5.41, 5.74) is 5.33. The van der Waals surface area contributed by atoms with Gasteiger partial charge in [-0.2, -0.15) is 0 Å². The van der Waals surface area contributed by atoms with Crippen LogP contribution in [0.15, 0.2) is 5.16 Å². The molecule has 0 aromatic rings. The normalized spacial score (nSPS) is 20.0. The molecule has 1 rings (SSSR count). The first-order valence-electron chi connectivity index (χ1n) is 6.57. The van der Waals surface area contributed by atoms with Gasteiger partial charge >= 0.3 is 0 Å². The summed E-state index contributed by atoms with van der Waals surface area (Å²) >= 11 is 0. The van der Waals surface area contributed by atoms with E-state index in [9.17, 15) is 4.79 Å². The van der Waals surface area contributed by atoms with Gasteiger partial charge in [0.1, 0.15) is 5.84 Å². The lowest BCUT2D eigenvalue weighted by molar-refractivity contribution is -0.121. The standard InChI is InChI=1S/C12H23N3O3/c13-11(15-17)5-1-2-8-14-12(16)7-6-10-4-3-9-18-10/h10,17H,1-9H2,(H2,13,15)(H,14,16). The molecule has 1 unspecified atom stereocenters. The molecule has 0 saturated carbocycles. The Morgan fingerprint density at radius 2 is 2.28 bits per heavy atom. The van der Waals surface area contributed by atoms with E-state index >= 15 is 0 Å². The van der Waals surface area contributed by atoms with Crippen LogP contribution < -0.4 is 11.1 Å². The minimum Gasteiger partial charge on any atom is -0.409 e. The highest BCUT2D eigenvalue weighted by molar-refractivity contribution is 5.79. The summed E-state index contributed by atoms with van der Waals surface area (Å²) in [6.07, 6.45) is 6.01. The summed E-state index contributed by atoms with van der Waals surface area (Å²) in [5.74, 6) is 0.314. The molecule has 6 heteroatoms. The Balaban J connectivity index is 1.93. The van der Waals surface area contributed by atoms with Crippen LogP contribution in [0.2, 0.25) is 0 Å². The fourth-order valence-corrected chi connectivity index (χ4v) is 1.96. The molecule has 18 heavy (non-hydrogen) atoms. The molecule has 1 atom stereocenters. The lowest BCUT2D eigenvalue weighted by atomic mass is 10.1. The van der Waals surface area contributed by atoms with E-state index in [1.165, 1.54) is 0 Å². The Morgan fingerprint density at radius 3 is 2.94 bits per heavy atom. The van der Waals surface area contributed by atoms with Crippen molar-refractivity contribution in [1.82, 2.24) is 5.32 Å². The topological polar surface area (TPSA) is 96.9 Å². The number of amidine groups is 1. The zero-order valence-corrected chi connectivity index (χ0v) is 10.7. The van der Waals surface area contributed by atoms with Gasteiger partial charge < -0.3 is 21.0 Å².